The molecule has 1 aromatic heterocycles. The Labute approximate surface area is 168 Å². The van der Waals surface area contributed by atoms with E-state index in [1.54, 1.807) is 24.3 Å². The second-order valence-corrected chi connectivity index (χ2v) is 7.27. The van der Waals surface area contributed by atoms with E-state index >= 15 is 0 Å². The minimum absolute atomic E-state index is 0.0507. The van der Waals surface area contributed by atoms with Gasteiger partial charge in [-0.05, 0) is 49.2 Å². The highest BCUT2D eigenvalue weighted by atomic mass is 16.4. The highest BCUT2D eigenvalue weighted by Crippen LogP contribution is 2.31. The van der Waals surface area contributed by atoms with Crippen molar-refractivity contribution in [1.82, 2.24) is 4.98 Å². The molecule has 2 aromatic carbocycles. The monoisotopic (exact) mass is 390 g/mol. The Bertz CT molecular complexity index is 1000. The Morgan fingerprint density at radius 2 is 1.62 bits per heavy atom. The number of hydrogen-bond donors (Lipinski definition) is 2. The fourth-order valence-electron chi connectivity index (χ4n) is 3.68. The molecule has 0 bridgehead atoms. The lowest BCUT2D eigenvalue weighted by atomic mass is 9.88. The van der Waals surface area contributed by atoms with Gasteiger partial charge in [-0.15, -0.1) is 0 Å². The van der Waals surface area contributed by atoms with Gasteiger partial charge in [-0.25, -0.2) is 9.78 Å². The molecule has 1 aliphatic rings. The van der Waals surface area contributed by atoms with E-state index in [9.17, 15) is 14.7 Å². The number of oxazole rings is 1. The van der Waals surface area contributed by atoms with E-state index in [1.807, 2.05) is 30.3 Å². The third-order valence-corrected chi connectivity index (χ3v) is 5.24. The number of nitrogens with zero attached hydrogens (tertiary/aromatic N) is 1. The summed E-state index contributed by atoms with van der Waals surface area (Å²) in [5, 5.41) is 12.5. The van der Waals surface area contributed by atoms with Gasteiger partial charge in [-0.3, -0.25) is 4.79 Å². The van der Waals surface area contributed by atoms with Crippen LogP contribution in [0.15, 0.2) is 59.0 Å². The first-order chi connectivity index (χ1) is 14.1. The summed E-state index contributed by atoms with van der Waals surface area (Å²) < 4.78 is 5.79. The van der Waals surface area contributed by atoms with Crippen LogP contribution in [0.5, 0.6) is 0 Å². The largest absolute Gasteiger partial charge is 0.476 e. The number of carboxylic acids is 1. The first-order valence-corrected chi connectivity index (χ1v) is 9.82. The second-order valence-electron chi connectivity index (χ2n) is 7.27. The molecule has 1 heterocycles. The fourth-order valence-corrected chi connectivity index (χ4v) is 3.68. The molecule has 3 aromatic rings. The van der Waals surface area contributed by atoms with Crippen LogP contribution in [0.2, 0.25) is 0 Å². The summed E-state index contributed by atoms with van der Waals surface area (Å²) in [4.78, 5) is 28.2. The van der Waals surface area contributed by atoms with Crippen molar-refractivity contribution in [2.45, 2.75) is 32.1 Å². The van der Waals surface area contributed by atoms with Gasteiger partial charge in [-0.1, -0.05) is 37.5 Å². The molecule has 0 saturated heterocycles. The van der Waals surface area contributed by atoms with Crippen LogP contribution in [0, 0.1) is 5.92 Å². The topological polar surface area (TPSA) is 92.4 Å². The standard InChI is InChI=1S/C23H22N2O4/c26-21(16-7-3-1-4-8-16)24-18-13-11-15(12-14-18)20-19(23(27)28)25-22(29-20)17-9-5-2-6-10-17/h2,5-6,9-14,16H,1,3-4,7-8H2,(H,24,26)(H,27,28). The van der Waals surface area contributed by atoms with Crippen molar-refractivity contribution in [3.8, 4) is 22.8 Å². The number of hydrogen-bond acceptors (Lipinski definition) is 4. The van der Waals surface area contributed by atoms with Gasteiger partial charge < -0.3 is 14.8 Å². The molecule has 0 aliphatic heterocycles. The van der Waals surface area contributed by atoms with Gasteiger partial charge in [0.15, 0.2) is 11.5 Å². The van der Waals surface area contributed by atoms with Crippen molar-refractivity contribution < 1.29 is 19.1 Å². The number of carbonyl (C=O) groups is 2. The van der Waals surface area contributed by atoms with Crippen molar-refractivity contribution in [1.29, 1.82) is 0 Å². The van der Waals surface area contributed by atoms with E-state index in [-0.39, 0.29) is 29.2 Å². The van der Waals surface area contributed by atoms with Gasteiger partial charge in [0, 0.05) is 22.7 Å². The zero-order valence-electron chi connectivity index (χ0n) is 15.9. The van der Waals surface area contributed by atoms with Crippen molar-refractivity contribution in [2.24, 2.45) is 5.92 Å². The average Bonchev–Trinajstić information content (AvgIpc) is 3.21. The van der Waals surface area contributed by atoms with Crippen molar-refractivity contribution in [3.05, 3.63) is 60.3 Å². The zero-order chi connectivity index (χ0) is 20.2. The lowest BCUT2D eigenvalue weighted by Crippen LogP contribution is -2.24. The van der Waals surface area contributed by atoms with Gasteiger partial charge in [0.2, 0.25) is 11.8 Å². The van der Waals surface area contributed by atoms with Gasteiger partial charge >= 0.3 is 5.97 Å². The molecule has 1 amide bonds. The molecular formula is C23H22N2O4. The van der Waals surface area contributed by atoms with Crippen LogP contribution in [0.4, 0.5) is 5.69 Å². The number of amides is 1. The van der Waals surface area contributed by atoms with E-state index in [2.05, 4.69) is 10.3 Å². The van der Waals surface area contributed by atoms with Crippen molar-refractivity contribution in [3.63, 3.8) is 0 Å². The first-order valence-electron chi connectivity index (χ1n) is 9.82. The SMILES string of the molecule is O=C(O)c1nc(-c2ccccc2)oc1-c1ccc(NC(=O)C2CCCCC2)cc1. The molecule has 4 rings (SSSR count). The maximum Gasteiger partial charge on any atom is 0.358 e. The quantitative estimate of drug-likeness (QED) is 0.623. The average molecular weight is 390 g/mol. The van der Waals surface area contributed by atoms with Gasteiger partial charge in [0.1, 0.15) is 0 Å². The molecule has 0 spiro atoms. The third-order valence-electron chi connectivity index (χ3n) is 5.24. The van der Waals surface area contributed by atoms with Gasteiger partial charge in [0.05, 0.1) is 0 Å². The van der Waals surface area contributed by atoms with E-state index < -0.39 is 5.97 Å². The molecule has 29 heavy (non-hydrogen) atoms. The van der Waals surface area contributed by atoms with E-state index in [0.717, 1.165) is 25.7 Å². The maximum absolute atomic E-state index is 12.4. The van der Waals surface area contributed by atoms with Crippen LogP contribution in [-0.2, 0) is 4.79 Å². The van der Waals surface area contributed by atoms with Crippen LogP contribution >= 0.6 is 0 Å². The highest BCUT2D eigenvalue weighted by Gasteiger charge is 2.23. The Hall–Kier alpha value is -3.41. The summed E-state index contributed by atoms with van der Waals surface area (Å²) in [6.45, 7) is 0. The van der Waals surface area contributed by atoms with Crippen LogP contribution in [0.3, 0.4) is 0 Å². The maximum atomic E-state index is 12.4. The Kier molecular flexibility index (Phi) is 5.42. The minimum Gasteiger partial charge on any atom is -0.476 e. The summed E-state index contributed by atoms with van der Waals surface area (Å²) in [6, 6.07) is 16.1. The summed E-state index contributed by atoms with van der Waals surface area (Å²) in [5.74, 6) is -0.575. The van der Waals surface area contributed by atoms with Gasteiger partial charge in [0.25, 0.3) is 0 Å². The molecule has 6 nitrogen and oxygen atoms in total. The van der Waals surface area contributed by atoms with Crippen LogP contribution < -0.4 is 5.32 Å². The smallest absolute Gasteiger partial charge is 0.358 e. The molecule has 0 unspecified atom stereocenters. The predicted molar refractivity (Wildman–Crippen MR) is 110 cm³/mol. The minimum atomic E-state index is -1.15. The zero-order valence-corrected chi connectivity index (χ0v) is 15.9. The third kappa shape index (κ3) is 4.21. The number of carboxylic acid groups (broad SMARTS) is 1. The number of aromatic nitrogens is 1. The molecule has 0 radical (unpaired) electrons. The summed E-state index contributed by atoms with van der Waals surface area (Å²) in [5.41, 5.74) is 1.84. The van der Waals surface area contributed by atoms with Crippen molar-refractivity contribution >= 4 is 17.6 Å². The Balaban J connectivity index is 1.56. The molecule has 2 N–H and O–H groups in total. The first kappa shape index (κ1) is 18.9. The Morgan fingerprint density at radius 3 is 2.28 bits per heavy atom. The molecule has 1 saturated carbocycles. The summed E-state index contributed by atoms with van der Waals surface area (Å²) in [7, 11) is 0. The number of nitrogens with one attached hydrogen (secondary N) is 1. The fraction of sp³-hybridized carbons (Fsp3) is 0.261. The lowest BCUT2D eigenvalue weighted by molar-refractivity contribution is -0.120. The summed E-state index contributed by atoms with van der Waals surface area (Å²) >= 11 is 0. The number of carbonyl (C=O) groups excluding carboxylic acids is 1. The number of aromatic carboxylic acids is 1. The normalized spacial score (nSPS) is 14.5. The summed E-state index contributed by atoms with van der Waals surface area (Å²) in [6.07, 6.45) is 5.28. The van der Waals surface area contributed by atoms with E-state index in [1.165, 1.54) is 6.42 Å². The molecule has 148 valence electrons. The van der Waals surface area contributed by atoms with Crippen LogP contribution in [0.25, 0.3) is 22.8 Å². The highest BCUT2D eigenvalue weighted by molar-refractivity contribution is 5.94. The van der Waals surface area contributed by atoms with Crippen molar-refractivity contribution in [2.75, 3.05) is 5.32 Å². The number of benzene rings is 2. The molecule has 0 atom stereocenters. The van der Waals surface area contributed by atoms with E-state index in [0.29, 0.717) is 16.8 Å². The van der Waals surface area contributed by atoms with Gasteiger partial charge in [-0.2, -0.15) is 0 Å². The Morgan fingerprint density at radius 1 is 0.931 bits per heavy atom. The molecular weight excluding hydrogens is 368 g/mol. The van der Waals surface area contributed by atoms with E-state index in [4.69, 9.17) is 4.42 Å². The van der Waals surface area contributed by atoms with Crippen LogP contribution in [-0.4, -0.2) is 22.0 Å². The predicted octanol–water partition coefficient (Wildman–Crippen LogP) is 5.23. The molecule has 6 heteroatoms. The number of rotatable bonds is 5. The van der Waals surface area contributed by atoms with Crippen LogP contribution in [0.1, 0.15) is 42.6 Å². The lowest BCUT2D eigenvalue weighted by Gasteiger charge is -2.20. The number of anilines is 1. The molecule has 1 aliphatic carbocycles. The second kappa shape index (κ2) is 8.31. The molecule has 1 fully saturated rings.